The molecule has 29 heavy (non-hydrogen) atoms. The Morgan fingerprint density at radius 3 is 2.69 bits per heavy atom. The van der Waals surface area contributed by atoms with E-state index in [9.17, 15) is 14.0 Å². The second-order valence-electron chi connectivity index (χ2n) is 7.49. The lowest BCUT2D eigenvalue weighted by molar-refractivity contribution is -0.114. The Morgan fingerprint density at radius 1 is 1.17 bits per heavy atom. The summed E-state index contributed by atoms with van der Waals surface area (Å²) in [5.74, 6) is -0.676. The number of carbonyl (C=O) groups is 2. The molecule has 2 aliphatic rings. The average molecular weight is 411 g/mol. The molecule has 1 fully saturated rings. The topological polar surface area (TPSA) is 49.4 Å². The number of nitrogens with one attached hydrogen (secondary N) is 1. The van der Waals surface area contributed by atoms with E-state index >= 15 is 0 Å². The Bertz CT molecular complexity index is 983. The molecule has 6 heteroatoms. The van der Waals surface area contributed by atoms with Crippen LogP contribution < -0.4 is 10.2 Å². The highest BCUT2D eigenvalue weighted by Crippen LogP contribution is 2.42. The van der Waals surface area contributed by atoms with Gasteiger partial charge in [0, 0.05) is 29.1 Å². The molecule has 150 valence electrons. The van der Waals surface area contributed by atoms with Crippen molar-refractivity contribution in [2.75, 3.05) is 11.9 Å². The third kappa shape index (κ3) is 4.22. The maximum atomic E-state index is 14.0. The van der Waals surface area contributed by atoms with Crippen LogP contribution in [0, 0.1) is 5.82 Å². The summed E-state index contributed by atoms with van der Waals surface area (Å²) in [6.07, 6.45) is 7.16. The Kier molecular flexibility index (Phi) is 5.72. The number of halogens is 1. The van der Waals surface area contributed by atoms with Crippen molar-refractivity contribution in [1.82, 2.24) is 5.32 Å². The number of amides is 2. The average Bonchev–Trinajstić information content (AvgIpc) is 2.74. The van der Waals surface area contributed by atoms with E-state index in [2.05, 4.69) is 5.32 Å². The van der Waals surface area contributed by atoms with Crippen molar-refractivity contribution >= 4 is 35.3 Å². The fourth-order valence-electron chi connectivity index (χ4n) is 3.78. The van der Waals surface area contributed by atoms with Crippen LogP contribution in [0.15, 0.2) is 52.3 Å². The third-order valence-corrected chi connectivity index (χ3v) is 6.53. The minimum atomic E-state index is -0.364. The van der Waals surface area contributed by atoms with Crippen LogP contribution in [0.2, 0.25) is 0 Å². The van der Waals surface area contributed by atoms with Gasteiger partial charge in [-0.05, 0) is 43.2 Å². The molecule has 1 N–H and O–H groups in total. The summed E-state index contributed by atoms with van der Waals surface area (Å²) >= 11 is 1.30. The van der Waals surface area contributed by atoms with E-state index in [0.717, 1.165) is 30.6 Å². The molecule has 0 aromatic heterocycles. The quantitative estimate of drug-likeness (QED) is 0.725. The molecule has 1 aliphatic heterocycles. The normalized spacial score (nSPS) is 18.6. The van der Waals surface area contributed by atoms with Crippen LogP contribution in [0.3, 0.4) is 0 Å². The number of thioether (sulfide) groups is 1. The number of benzene rings is 2. The van der Waals surface area contributed by atoms with Crippen molar-refractivity contribution in [3.63, 3.8) is 0 Å². The largest absolute Gasteiger partial charge is 0.349 e. The molecule has 0 spiro atoms. The number of hydrogen-bond donors (Lipinski definition) is 1. The van der Waals surface area contributed by atoms with Crippen LogP contribution in [-0.4, -0.2) is 24.9 Å². The van der Waals surface area contributed by atoms with Gasteiger partial charge in [-0.1, -0.05) is 49.2 Å². The summed E-state index contributed by atoms with van der Waals surface area (Å²) in [5, 5.41) is 3.11. The number of likely N-dealkylation sites (N-methyl/N-ethyl adjacent to an activating group) is 1. The van der Waals surface area contributed by atoms with Crippen LogP contribution in [0.5, 0.6) is 0 Å². The summed E-state index contributed by atoms with van der Waals surface area (Å²) in [6.45, 7) is 0. The first-order chi connectivity index (χ1) is 14.0. The van der Waals surface area contributed by atoms with Crippen molar-refractivity contribution in [1.29, 1.82) is 0 Å². The number of nitrogens with zero attached hydrogens (tertiary/aromatic N) is 1. The molecule has 0 bridgehead atoms. The van der Waals surface area contributed by atoms with Gasteiger partial charge in [0.15, 0.2) is 0 Å². The van der Waals surface area contributed by atoms with Crippen molar-refractivity contribution in [3.05, 3.63) is 64.3 Å². The Hall–Kier alpha value is -2.60. The van der Waals surface area contributed by atoms with E-state index in [1.54, 1.807) is 43.5 Å². The van der Waals surface area contributed by atoms with Crippen molar-refractivity contribution in [2.45, 2.75) is 43.0 Å². The van der Waals surface area contributed by atoms with Crippen molar-refractivity contribution in [2.24, 2.45) is 0 Å². The molecule has 2 aromatic carbocycles. The Morgan fingerprint density at radius 2 is 1.93 bits per heavy atom. The van der Waals surface area contributed by atoms with Gasteiger partial charge >= 0.3 is 0 Å². The van der Waals surface area contributed by atoms with Gasteiger partial charge in [-0.2, -0.15) is 0 Å². The fourth-order valence-corrected chi connectivity index (χ4v) is 4.87. The molecule has 0 atom stereocenters. The van der Waals surface area contributed by atoms with Gasteiger partial charge in [-0.25, -0.2) is 4.39 Å². The summed E-state index contributed by atoms with van der Waals surface area (Å²) in [5.41, 5.74) is 1.63. The molecule has 1 aliphatic carbocycles. The highest BCUT2D eigenvalue weighted by Gasteiger charge is 2.28. The van der Waals surface area contributed by atoms with E-state index in [4.69, 9.17) is 0 Å². The number of hydrogen-bond acceptors (Lipinski definition) is 3. The van der Waals surface area contributed by atoms with E-state index in [0.29, 0.717) is 21.7 Å². The molecule has 2 aromatic rings. The van der Waals surface area contributed by atoms with Crippen LogP contribution in [0.1, 0.15) is 48.0 Å². The van der Waals surface area contributed by atoms with Gasteiger partial charge in [-0.3, -0.25) is 9.59 Å². The summed E-state index contributed by atoms with van der Waals surface area (Å²) in [7, 11) is 1.68. The Balaban J connectivity index is 1.57. The van der Waals surface area contributed by atoms with Gasteiger partial charge in [0.05, 0.1) is 10.6 Å². The maximum absolute atomic E-state index is 14.0. The summed E-state index contributed by atoms with van der Waals surface area (Å²) in [6, 6.07) is 12.0. The van der Waals surface area contributed by atoms with Gasteiger partial charge in [0.1, 0.15) is 5.82 Å². The molecular weight excluding hydrogens is 387 g/mol. The minimum absolute atomic E-state index is 0.0988. The van der Waals surface area contributed by atoms with Gasteiger partial charge < -0.3 is 10.2 Å². The van der Waals surface area contributed by atoms with E-state index < -0.39 is 0 Å². The second kappa shape index (κ2) is 8.41. The third-order valence-electron chi connectivity index (χ3n) is 5.45. The molecule has 2 amide bonds. The van der Waals surface area contributed by atoms with Gasteiger partial charge in [0.25, 0.3) is 11.8 Å². The lowest BCUT2D eigenvalue weighted by atomic mass is 9.95. The smallest absolute Gasteiger partial charge is 0.264 e. The van der Waals surface area contributed by atoms with E-state index in [1.807, 2.05) is 6.07 Å². The van der Waals surface area contributed by atoms with E-state index in [1.165, 1.54) is 29.1 Å². The molecule has 1 saturated carbocycles. The SMILES string of the molecule is CN1C(=O)/C(=C/c2ccccc2F)Sc2ccc(C(=O)NC3CCCCC3)cc21. The van der Waals surface area contributed by atoms with Crippen LogP contribution in [-0.2, 0) is 4.79 Å². The first kappa shape index (κ1) is 19.7. The number of anilines is 1. The molecule has 4 nitrogen and oxygen atoms in total. The van der Waals surface area contributed by atoms with Crippen molar-refractivity contribution < 1.29 is 14.0 Å². The Labute approximate surface area is 174 Å². The van der Waals surface area contributed by atoms with Crippen LogP contribution in [0.4, 0.5) is 10.1 Å². The van der Waals surface area contributed by atoms with Gasteiger partial charge in [0.2, 0.25) is 0 Å². The molecule has 0 radical (unpaired) electrons. The zero-order chi connectivity index (χ0) is 20.4. The highest BCUT2D eigenvalue weighted by atomic mass is 32.2. The minimum Gasteiger partial charge on any atom is -0.349 e. The van der Waals surface area contributed by atoms with E-state index in [-0.39, 0.29) is 23.7 Å². The maximum Gasteiger partial charge on any atom is 0.264 e. The number of rotatable bonds is 3. The monoisotopic (exact) mass is 410 g/mol. The standard InChI is InChI=1S/C23H23FN2O2S/c1-26-19-13-16(22(27)25-17-8-3-2-4-9-17)11-12-20(19)29-21(23(26)28)14-15-7-5-6-10-18(15)24/h5-7,10-14,17H,2-4,8-9H2,1H3,(H,25,27)/b21-14-. The predicted molar refractivity (Wildman–Crippen MR) is 114 cm³/mol. The molecular formula is C23H23FN2O2S. The van der Waals surface area contributed by atoms with Crippen LogP contribution >= 0.6 is 11.8 Å². The molecule has 4 rings (SSSR count). The predicted octanol–water partition coefficient (Wildman–Crippen LogP) is 5.00. The first-order valence-corrected chi connectivity index (χ1v) is 10.7. The zero-order valence-electron chi connectivity index (χ0n) is 16.3. The molecule has 0 unspecified atom stereocenters. The fraction of sp³-hybridized carbons (Fsp3) is 0.304. The van der Waals surface area contributed by atoms with Gasteiger partial charge in [-0.15, -0.1) is 0 Å². The molecule has 1 heterocycles. The summed E-state index contributed by atoms with van der Waals surface area (Å²) in [4.78, 5) is 28.3. The second-order valence-corrected chi connectivity index (χ2v) is 8.57. The molecule has 0 saturated heterocycles. The zero-order valence-corrected chi connectivity index (χ0v) is 17.1. The number of carbonyl (C=O) groups excluding carboxylic acids is 2. The summed E-state index contributed by atoms with van der Waals surface area (Å²) < 4.78 is 14.0. The lowest BCUT2D eigenvalue weighted by Crippen LogP contribution is -2.36. The van der Waals surface area contributed by atoms with Crippen molar-refractivity contribution in [3.8, 4) is 0 Å². The van der Waals surface area contributed by atoms with Crippen LogP contribution in [0.25, 0.3) is 6.08 Å². The first-order valence-electron chi connectivity index (χ1n) is 9.90. The highest BCUT2D eigenvalue weighted by molar-refractivity contribution is 8.04. The lowest BCUT2D eigenvalue weighted by Gasteiger charge is -2.28. The number of fused-ring (bicyclic) bond motifs is 1.